The Kier molecular flexibility index (Phi) is 5.04. The van der Waals surface area contributed by atoms with E-state index in [4.69, 9.17) is 16.3 Å². The molecule has 0 atom stereocenters. The van der Waals surface area contributed by atoms with E-state index >= 15 is 0 Å². The molecule has 3 N–H and O–H groups in total. The van der Waals surface area contributed by atoms with E-state index in [1.54, 1.807) is 6.07 Å². The molecular formula is C21H17ClFN3O2. The van der Waals surface area contributed by atoms with Crippen molar-refractivity contribution >= 4 is 28.3 Å². The van der Waals surface area contributed by atoms with Gasteiger partial charge in [-0.3, -0.25) is 0 Å². The van der Waals surface area contributed by atoms with E-state index in [1.807, 2.05) is 42.5 Å². The van der Waals surface area contributed by atoms with Gasteiger partial charge in [0.2, 0.25) is 0 Å². The molecule has 0 bridgehead atoms. The maximum Gasteiger partial charge on any atom is 0.323 e. The Balaban J connectivity index is 1.35. The van der Waals surface area contributed by atoms with Crippen molar-refractivity contribution in [2.45, 2.75) is 13.2 Å². The van der Waals surface area contributed by atoms with Crippen LogP contribution in [0.4, 0.5) is 10.1 Å². The minimum Gasteiger partial charge on any atom is -0.489 e. The van der Waals surface area contributed by atoms with E-state index < -0.39 is 0 Å². The molecule has 0 aliphatic carbocycles. The lowest BCUT2D eigenvalue weighted by atomic mass is 10.2. The minimum absolute atomic E-state index is 0.218. The smallest absolute Gasteiger partial charge is 0.323 e. The largest absolute Gasteiger partial charge is 0.489 e. The van der Waals surface area contributed by atoms with Crippen molar-refractivity contribution in [2.75, 3.05) is 5.32 Å². The number of hydrogen-bond acceptors (Lipinski definition) is 3. The highest BCUT2D eigenvalue weighted by molar-refractivity contribution is 6.31. The second-order valence-electron chi connectivity index (χ2n) is 6.36. The van der Waals surface area contributed by atoms with Gasteiger partial charge in [-0.15, -0.1) is 0 Å². The van der Waals surface area contributed by atoms with Gasteiger partial charge in [0, 0.05) is 17.8 Å². The topological polar surface area (TPSA) is 69.9 Å². The van der Waals surface area contributed by atoms with Gasteiger partial charge in [0.1, 0.15) is 18.2 Å². The van der Waals surface area contributed by atoms with Gasteiger partial charge in [0.15, 0.2) is 0 Å². The van der Waals surface area contributed by atoms with Crippen molar-refractivity contribution in [2.24, 2.45) is 0 Å². The number of hydrogen-bond donors (Lipinski definition) is 3. The number of rotatable bonds is 6. The molecular weight excluding hydrogens is 381 g/mol. The molecule has 28 heavy (non-hydrogen) atoms. The molecule has 3 aromatic carbocycles. The lowest BCUT2D eigenvalue weighted by Gasteiger charge is -2.10. The molecule has 5 nitrogen and oxygen atoms in total. The van der Waals surface area contributed by atoms with Gasteiger partial charge in [-0.25, -0.2) is 9.18 Å². The summed E-state index contributed by atoms with van der Waals surface area (Å²) >= 11 is 6.01. The fraction of sp³-hybridized carbons (Fsp3) is 0.0952. The Morgan fingerprint density at radius 1 is 0.964 bits per heavy atom. The van der Waals surface area contributed by atoms with Crippen LogP contribution in [0.15, 0.2) is 65.5 Å². The Bertz CT molecular complexity index is 1170. The summed E-state index contributed by atoms with van der Waals surface area (Å²) in [5.74, 6) is 0.336. The zero-order valence-electron chi connectivity index (χ0n) is 14.8. The molecule has 142 valence electrons. The normalized spacial score (nSPS) is 10.9. The van der Waals surface area contributed by atoms with Crippen LogP contribution in [0.3, 0.4) is 0 Å². The standard InChI is InChI=1S/C21H17ClFN3O2/c22-18-9-15(23)4-3-14(18)12-28-17-6-1-13(2-7-17)11-24-16-5-8-19-20(10-16)26-21(27)25-19/h1-10,24H,11-12H2,(H2,25,26,27). The quantitative estimate of drug-likeness (QED) is 0.436. The second-order valence-corrected chi connectivity index (χ2v) is 6.77. The van der Waals surface area contributed by atoms with Crippen LogP contribution in [0.2, 0.25) is 5.02 Å². The molecule has 1 aromatic heterocycles. The molecule has 0 fully saturated rings. The molecule has 7 heteroatoms. The average molecular weight is 398 g/mol. The fourth-order valence-corrected chi connectivity index (χ4v) is 3.07. The van der Waals surface area contributed by atoms with Crippen LogP contribution in [0.25, 0.3) is 11.0 Å². The lowest BCUT2D eigenvalue weighted by molar-refractivity contribution is 0.306. The maximum absolute atomic E-state index is 13.1. The van der Waals surface area contributed by atoms with Gasteiger partial charge >= 0.3 is 5.69 Å². The van der Waals surface area contributed by atoms with Gasteiger partial charge in [-0.05, 0) is 48.0 Å². The van der Waals surface area contributed by atoms with Gasteiger partial charge in [0.05, 0.1) is 16.1 Å². The summed E-state index contributed by atoms with van der Waals surface area (Å²) in [6.07, 6.45) is 0. The van der Waals surface area contributed by atoms with E-state index in [0.717, 1.165) is 27.8 Å². The van der Waals surface area contributed by atoms with Crippen LogP contribution in [-0.4, -0.2) is 9.97 Å². The highest BCUT2D eigenvalue weighted by Gasteiger charge is 2.04. The van der Waals surface area contributed by atoms with Gasteiger partial charge < -0.3 is 20.0 Å². The van der Waals surface area contributed by atoms with Crippen molar-refractivity contribution < 1.29 is 9.13 Å². The number of nitrogens with one attached hydrogen (secondary N) is 3. The van der Waals surface area contributed by atoms with Gasteiger partial charge in [-0.1, -0.05) is 29.8 Å². The summed E-state index contributed by atoms with van der Waals surface area (Å²) in [7, 11) is 0. The van der Waals surface area contributed by atoms with Gasteiger partial charge in [-0.2, -0.15) is 0 Å². The predicted molar refractivity (Wildman–Crippen MR) is 108 cm³/mol. The Labute approximate surface area is 165 Å². The van der Waals surface area contributed by atoms with Crippen molar-refractivity contribution in [1.29, 1.82) is 0 Å². The van der Waals surface area contributed by atoms with E-state index in [1.165, 1.54) is 12.1 Å². The van der Waals surface area contributed by atoms with Crippen molar-refractivity contribution in [3.8, 4) is 5.75 Å². The van der Waals surface area contributed by atoms with Crippen LogP contribution in [0.1, 0.15) is 11.1 Å². The molecule has 0 spiro atoms. The third-order valence-corrected chi connectivity index (χ3v) is 4.70. The first-order chi connectivity index (χ1) is 13.6. The maximum atomic E-state index is 13.1. The summed E-state index contributed by atoms with van der Waals surface area (Å²) in [5.41, 5.74) is 4.04. The summed E-state index contributed by atoms with van der Waals surface area (Å²) in [4.78, 5) is 16.8. The molecule has 0 amide bonds. The molecule has 4 aromatic rings. The summed E-state index contributed by atoms with van der Waals surface area (Å²) in [5, 5.41) is 3.67. The summed E-state index contributed by atoms with van der Waals surface area (Å²) < 4.78 is 18.8. The Hall–Kier alpha value is -3.25. The second kappa shape index (κ2) is 7.78. The van der Waals surface area contributed by atoms with E-state index in [9.17, 15) is 9.18 Å². The Morgan fingerprint density at radius 2 is 1.75 bits per heavy atom. The van der Waals surface area contributed by atoms with Crippen LogP contribution in [0.5, 0.6) is 5.75 Å². The minimum atomic E-state index is -0.368. The van der Waals surface area contributed by atoms with Crippen LogP contribution in [0, 0.1) is 5.82 Å². The summed E-state index contributed by atoms with van der Waals surface area (Å²) in [6, 6.07) is 17.6. The summed E-state index contributed by atoms with van der Waals surface area (Å²) in [6.45, 7) is 0.899. The zero-order valence-corrected chi connectivity index (χ0v) is 15.5. The fourth-order valence-electron chi connectivity index (χ4n) is 2.85. The molecule has 0 saturated heterocycles. The van der Waals surface area contributed by atoms with E-state index in [-0.39, 0.29) is 18.1 Å². The predicted octanol–water partition coefficient (Wildman–Crippen LogP) is 4.84. The van der Waals surface area contributed by atoms with Crippen LogP contribution < -0.4 is 15.7 Å². The third-order valence-electron chi connectivity index (χ3n) is 4.35. The van der Waals surface area contributed by atoms with Gasteiger partial charge in [0.25, 0.3) is 0 Å². The average Bonchev–Trinajstić information content (AvgIpc) is 3.06. The number of aromatic nitrogens is 2. The number of aromatic amines is 2. The first-order valence-electron chi connectivity index (χ1n) is 8.68. The number of benzene rings is 3. The monoisotopic (exact) mass is 397 g/mol. The molecule has 4 rings (SSSR count). The van der Waals surface area contributed by atoms with E-state index in [2.05, 4.69) is 15.3 Å². The third kappa shape index (κ3) is 4.18. The van der Waals surface area contributed by atoms with Crippen LogP contribution >= 0.6 is 11.6 Å². The lowest BCUT2D eigenvalue weighted by Crippen LogP contribution is -2.00. The number of H-pyrrole nitrogens is 2. The van der Waals surface area contributed by atoms with Crippen molar-refractivity contribution in [3.05, 3.63) is 93.1 Å². The number of ether oxygens (including phenoxy) is 1. The number of imidazole rings is 1. The molecule has 0 saturated carbocycles. The molecule has 0 unspecified atom stereocenters. The Morgan fingerprint density at radius 3 is 2.54 bits per heavy atom. The van der Waals surface area contributed by atoms with Crippen LogP contribution in [-0.2, 0) is 13.2 Å². The van der Waals surface area contributed by atoms with Crippen molar-refractivity contribution in [3.63, 3.8) is 0 Å². The SMILES string of the molecule is O=c1[nH]c2ccc(NCc3ccc(OCc4ccc(F)cc4Cl)cc3)cc2[nH]1. The number of fused-ring (bicyclic) bond motifs is 1. The number of halogens is 2. The molecule has 0 radical (unpaired) electrons. The first kappa shape index (κ1) is 18.1. The van der Waals surface area contributed by atoms with E-state index in [0.29, 0.717) is 17.3 Å². The first-order valence-corrected chi connectivity index (χ1v) is 9.06. The molecule has 0 aliphatic heterocycles. The van der Waals surface area contributed by atoms with Crippen molar-refractivity contribution in [1.82, 2.24) is 9.97 Å². The molecule has 0 aliphatic rings. The molecule has 1 heterocycles. The zero-order chi connectivity index (χ0) is 19.5. The highest BCUT2D eigenvalue weighted by atomic mass is 35.5. The number of anilines is 1. The highest BCUT2D eigenvalue weighted by Crippen LogP contribution is 2.21.